The Hall–Kier alpha value is -1.18. The van der Waals surface area contributed by atoms with Gasteiger partial charge in [0.1, 0.15) is 6.61 Å². The molecule has 108 valence electrons. The summed E-state index contributed by atoms with van der Waals surface area (Å²) in [6.07, 6.45) is -0.712. The molecule has 1 saturated heterocycles. The van der Waals surface area contributed by atoms with Gasteiger partial charge in [0.05, 0.1) is 19.6 Å². The van der Waals surface area contributed by atoms with Gasteiger partial charge in [-0.3, -0.25) is 14.4 Å². The highest BCUT2D eigenvalue weighted by Gasteiger charge is 2.63. The molecule has 0 aromatic carbocycles. The van der Waals surface area contributed by atoms with Crippen molar-refractivity contribution in [1.29, 1.82) is 0 Å². The van der Waals surface area contributed by atoms with E-state index in [9.17, 15) is 9.59 Å². The quantitative estimate of drug-likeness (QED) is 0.690. The van der Waals surface area contributed by atoms with Crippen LogP contribution in [0.3, 0.4) is 0 Å². The van der Waals surface area contributed by atoms with Crippen LogP contribution < -0.4 is 0 Å². The predicted molar refractivity (Wildman–Crippen MR) is 62.1 cm³/mol. The Balaban J connectivity index is 1.83. The van der Waals surface area contributed by atoms with Crippen LogP contribution in [0.4, 0.5) is 0 Å². The fourth-order valence-corrected chi connectivity index (χ4v) is 2.51. The predicted octanol–water partition coefficient (Wildman–Crippen LogP) is 0.500. The summed E-state index contributed by atoms with van der Waals surface area (Å²) in [5, 5.41) is 1.28. The summed E-state index contributed by atoms with van der Waals surface area (Å²) >= 11 is 0. The lowest BCUT2D eigenvalue weighted by Crippen LogP contribution is -2.24. The van der Waals surface area contributed by atoms with E-state index in [-0.39, 0.29) is 29.8 Å². The number of carbonyl (C=O) groups excluding carboxylic acids is 2. The van der Waals surface area contributed by atoms with Crippen LogP contribution in [-0.2, 0) is 28.7 Å². The molecule has 1 heterocycles. The largest absolute Gasteiger partial charge is 0.469 e. The van der Waals surface area contributed by atoms with E-state index in [1.54, 1.807) is 0 Å². The average molecular weight is 273 g/mol. The van der Waals surface area contributed by atoms with Crippen molar-refractivity contribution >= 4 is 11.9 Å². The molecular formula is C12H19NO6. The number of nitrogens with zero attached hydrogens (tertiary/aromatic N) is 1. The fourth-order valence-electron chi connectivity index (χ4n) is 2.51. The van der Waals surface area contributed by atoms with Gasteiger partial charge < -0.3 is 9.47 Å². The highest BCUT2D eigenvalue weighted by Crippen LogP contribution is 2.59. The number of methoxy groups -OCH3 is 1. The number of carbonyl (C=O) groups is 2. The van der Waals surface area contributed by atoms with Crippen LogP contribution in [0.2, 0.25) is 0 Å². The van der Waals surface area contributed by atoms with Crippen LogP contribution in [0.15, 0.2) is 0 Å². The molecule has 0 aromatic rings. The van der Waals surface area contributed by atoms with E-state index in [0.717, 1.165) is 0 Å². The second kappa shape index (κ2) is 5.07. The summed E-state index contributed by atoms with van der Waals surface area (Å²) in [4.78, 5) is 32.9. The minimum Gasteiger partial charge on any atom is -0.469 e. The molecule has 3 unspecified atom stereocenters. The van der Waals surface area contributed by atoms with Crippen molar-refractivity contribution in [3.63, 3.8) is 0 Å². The van der Waals surface area contributed by atoms with Gasteiger partial charge >= 0.3 is 11.9 Å². The van der Waals surface area contributed by atoms with E-state index in [1.165, 1.54) is 19.3 Å². The number of ether oxygens (including phenoxy) is 2. The Morgan fingerprint density at radius 1 is 1.42 bits per heavy atom. The molecule has 1 aliphatic heterocycles. The van der Waals surface area contributed by atoms with Crippen molar-refractivity contribution in [3.05, 3.63) is 0 Å². The van der Waals surface area contributed by atoms with Crippen LogP contribution in [0.1, 0.15) is 20.8 Å². The number of esters is 2. The number of hydrogen-bond acceptors (Lipinski definition) is 7. The molecule has 2 fully saturated rings. The van der Waals surface area contributed by atoms with Gasteiger partial charge in [0.15, 0.2) is 0 Å². The third kappa shape index (κ3) is 2.88. The topological polar surface area (TPSA) is 74.3 Å². The van der Waals surface area contributed by atoms with Crippen molar-refractivity contribution in [2.24, 2.45) is 17.3 Å². The minimum atomic E-state index is -0.712. The van der Waals surface area contributed by atoms with Gasteiger partial charge in [0.2, 0.25) is 6.29 Å². The van der Waals surface area contributed by atoms with E-state index in [2.05, 4.69) is 0 Å². The van der Waals surface area contributed by atoms with Crippen molar-refractivity contribution in [1.82, 2.24) is 5.23 Å². The third-order valence-corrected chi connectivity index (χ3v) is 3.74. The van der Waals surface area contributed by atoms with E-state index in [1.807, 2.05) is 13.8 Å². The van der Waals surface area contributed by atoms with E-state index < -0.39 is 12.3 Å². The van der Waals surface area contributed by atoms with E-state index in [4.69, 9.17) is 19.1 Å². The van der Waals surface area contributed by atoms with Gasteiger partial charge in [-0.05, 0) is 11.3 Å². The van der Waals surface area contributed by atoms with E-state index in [0.29, 0.717) is 6.54 Å². The van der Waals surface area contributed by atoms with Crippen molar-refractivity contribution in [3.8, 4) is 0 Å². The first-order valence-electron chi connectivity index (χ1n) is 6.18. The molecule has 1 aliphatic carbocycles. The third-order valence-electron chi connectivity index (χ3n) is 3.74. The zero-order chi connectivity index (χ0) is 14.2. The molecule has 7 heteroatoms. The smallest absolute Gasteiger partial charge is 0.309 e. The molecule has 3 atom stereocenters. The van der Waals surface area contributed by atoms with Crippen molar-refractivity contribution < 1.29 is 28.7 Å². The molecule has 19 heavy (non-hydrogen) atoms. The first-order chi connectivity index (χ1) is 8.86. The van der Waals surface area contributed by atoms with Gasteiger partial charge in [0, 0.05) is 6.92 Å². The molecule has 0 spiro atoms. The monoisotopic (exact) mass is 273 g/mol. The maximum Gasteiger partial charge on any atom is 0.309 e. The summed E-state index contributed by atoms with van der Waals surface area (Å²) < 4.78 is 9.64. The summed E-state index contributed by atoms with van der Waals surface area (Å²) in [6.45, 7) is 5.90. The Bertz CT molecular complexity index is 382. The highest BCUT2D eigenvalue weighted by molar-refractivity contribution is 5.77. The zero-order valence-corrected chi connectivity index (χ0v) is 11.5. The summed E-state index contributed by atoms with van der Waals surface area (Å²) in [5.74, 6) is -0.700. The summed E-state index contributed by atoms with van der Waals surface area (Å²) in [7, 11) is 1.38. The Labute approximate surface area is 111 Å². The lowest BCUT2D eigenvalue weighted by atomic mass is 10.1. The van der Waals surface area contributed by atoms with Gasteiger partial charge in [0.25, 0.3) is 0 Å². The van der Waals surface area contributed by atoms with Crippen LogP contribution in [0, 0.1) is 17.3 Å². The Morgan fingerprint density at radius 2 is 2.11 bits per heavy atom. The van der Waals surface area contributed by atoms with Crippen molar-refractivity contribution in [2.45, 2.75) is 27.1 Å². The van der Waals surface area contributed by atoms with Crippen LogP contribution in [-0.4, -0.2) is 43.7 Å². The molecule has 0 aromatic heterocycles. The van der Waals surface area contributed by atoms with Gasteiger partial charge in [-0.2, -0.15) is 0 Å². The van der Waals surface area contributed by atoms with Gasteiger partial charge in [-0.25, -0.2) is 4.84 Å². The van der Waals surface area contributed by atoms with Gasteiger partial charge in [-0.15, -0.1) is 0 Å². The number of hydrogen-bond donors (Lipinski definition) is 0. The molecule has 0 amide bonds. The zero-order valence-electron chi connectivity index (χ0n) is 11.5. The van der Waals surface area contributed by atoms with Crippen LogP contribution in [0.25, 0.3) is 0 Å². The second-order valence-electron chi connectivity index (χ2n) is 5.38. The van der Waals surface area contributed by atoms with E-state index >= 15 is 0 Å². The maximum atomic E-state index is 11.6. The molecule has 1 saturated carbocycles. The highest BCUT2D eigenvalue weighted by atomic mass is 17.0. The van der Waals surface area contributed by atoms with Crippen LogP contribution in [0.5, 0.6) is 0 Å². The lowest BCUT2D eigenvalue weighted by Gasteiger charge is -2.13. The lowest BCUT2D eigenvalue weighted by molar-refractivity contribution is -0.328. The second-order valence-corrected chi connectivity index (χ2v) is 5.38. The molecule has 0 bridgehead atoms. The molecule has 2 rings (SSSR count). The Kier molecular flexibility index (Phi) is 3.80. The average Bonchev–Trinajstić information content (AvgIpc) is 2.68. The minimum absolute atomic E-state index is 0.0935. The normalized spacial score (nSPS) is 32.9. The molecule has 2 aliphatic rings. The molecule has 0 N–H and O–H groups in total. The van der Waals surface area contributed by atoms with Gasteiger partial charge in [-0.1, -0.05) is 19.1 Å². The molecule has 0 radical (unpaired) electrons. The summed E-state index contributed by atoms with van der Waals surface area (Å²) in [6, 6.07) is 0. The van der Waals surface area contributed by atoms with Crippen molar-refractivity contribution in [2.75, 3.05) is 20.3 Å². The first kappa shape index (κ1) is 14.2. The molecule has 7 nitrogen and oxygen atoms in total. The SMILES string of the molecule is COC(=O)C1C(CN2OCC(OC(C)=O)O2)C1(C)C. The number of hydroxylamine groups is 2. The van der Waals surface area contributed by atoms with Crippen LogP contribution >= 0.6 is 0 Å². The standard InChI is InChI=1S/C12H19NO6/c1-7(14)18-9-6-17-13(19-9)5-8-10(11(15)16-4)12(8,2)3/h8-10H,5-6H2,1-4H3. The first-order valence-corrected chi connectivity index (χ1v) is 6.18. The fraction of sp³-hybridized carbons (Fsp3) is 0.833. The Morgan fingerprint density at radius 3 is 2.68 bits per heavy atom. The number of rotatable bonds is 4. The maximum absolute atomic E-state index is 11.6. The molecular weight excluding hydrogens is 254 g/mol. The summed E-state index contributed by atoms with van der Waals surface area (Å²) in [5.41, 5.74) is -0.140.